The van der Waals surface area contributed by atoms with Crippen molar-refractivity contribution >= 4 is 41.4 Å². The first-order chi connectivity index (χ1) is 18.0. The van der Waals surface area contributed by atoms with Gasteiger partial charge in [0.1, 0.15) is 23.9 Å². The third-order valence-electron chi connectivity index (χ3n) is 5.58. The van der Waals surface area contributed by atoms with Crippen LogP contribution in [-0.2, 0) is 30.4 Å². The topological polar surface area (TPSA) is 240 Å². The quantitative estimate of drug-likeness (QED) is 0.0982. The average Bonchev–Trinajstić information content (AvgIpc) is 2.86. The Balaban J connectivity index is 3.12. The van der Waals surface area contributed by atoms with Crippen molar-refractivity contribution in [1.29, 1.82) is 0 Å². The minimum atomic E-state index is -1.41. The summed E-state index contributed by atoms with van der Waals surface area (Å²) in [5.74, 6) is -3.84. The molecule has 0 bridgehead atoms. The predicted octanol–water partition coefficient (Wildman–Crippen LogP) is -1.44. The number of phenols is 1. The summed E-state index contributed by atoms with van der Waals surface area (Å²) in [5.41, 5.74) is 17.1. The van der Waals surface area contributed by atoms with Crippen LogP contribution in [0.25, 0.3) is 0 Å². The molecule has 4 amide bonds. The van der Waals surface area contributed by atoms with Gasteiger partial charge in [0.2, 0.25) is 23.6 Å². The van der Waals surface area contributed by atoms with Crippen molar-refractivity contribution in [2.45, 2.75) is 62.7 Å². The van der Waals surface area contributed by atoms with Crippen molar-refractivity contribution in [2.75, 3.05) is 18.6 Å². The molecule has 0 radical (unpaired) electrons. The Morgan fingerprint density at radius 2 is 1.47 bits per heavy atom. The Kier molecular flexibility index (Phi) is 14.8. The molecule has 1 rings (SSSR count). The Morgan fingerprint density at radius 3 is 2.03 bits per heavy atom. The monoisotopic (exact) mass is 554 g/mol. The molecular weight excluding hydrogens is 516 g/mol. The van der Waals surface area contributed by atoms with Crippen molar-refractivity contribution in [2.24, 2.45) is 17.2 Å². The van der Waals surface area contributed by atoms with Crippen molar-refractivity contribution in [3.63, 3.8) is 0 Å². The first-order valence-corrected chi connectivity index (χ1v) is 13.5. The van der Waals surface area contributed by atoms with Gasteiger partial charge in [0, 0.05) is 6.42 Å². The van der Waals surface area contributed by atoms with Crippen LogP contribution in [0.4, 0.5) is 0 Å². The number of aliphatic carboxylic acids is 1. The van der Waals surface area contributed by atoms with Gasteiger partial charge >= 0.3 is 5.97 Å². The molecule has 4 unspecified atom stereocenters. The highest BCUT2D eigenvalue weighted by Crippen LogP contribution is 2.12. The molecule has 4 atom stereocenters. The summed E-state index contributed by atoms with van der Waals surface area (Å²) in [5, 5.41) is 26.4. The first-order valence-electron chi connectivity index (χ1n) is 12.1. The maximum absolute atomic E-state index is 13.1. The zero-order valence-electron chi connectivity index (χ0n) is 21.4. The third-order valence-corrected chi connectivity index (χ3v) is 6.22. The van der Waals surface area contributed by atoms with Crippen LogP contribution in [0, 0.1) is 0 Å². The van der Waals surface area contributed by atoms with Crippen molar-refractivity contribution in [3.05, 3.63) is 29.8 Å². The Morgan fingerprint density at radius 1 is 0.895 bits per heavy atom. The minimum Gasteiger partial charge on any atom is -0.508 e. The van der Waals surface area contributed by atoms with Gasteiger partial charge in [0.05, 0.1) is 12.5 Å². The lowest BCUT2D eigenvalue weighted by Crippen LogP contribution is -2.58. The standard InChI is InChI=1S/C24H38N6O7S/c1-38-11-9-16(26)21(33)29-19(13-20(27)32)23(35)30-18(12-14-5-7-15(31)8-6-14)22(34)28-17(24(36)37)4-2-3-10-25/h5-8,16-19,31H,2-4,9-13,25-26H2,1H3,(H2,27,32)(H,28,34)(H,29,33)(H,30,35)(H,36,37). The fraction of sp³-hybridized carbons (Fsp3) is 0.542. The number of hydrogen-bond acceptors (Lipinski definition) is 9. The molecule has 0 aliphatic carbocycles. The smallest absolute Gasteiger partial charge is 0.326 e. The molecule has 13 nitrogen and oxygen atoms in total. The number of carboxylic acid groups (broad SMARTS) is 1. The molecule has 0 aromatic heterocycles. The van der Waals surface area contributed by atoms with E-state index in [-0.39, 0.29) is 18.6 Å². The van der Waals surface area contributed by atoms with E-state index in [1.54, 1.807) is 0 Å². The molecule has 0 spiro atoms. The highest BCUT2D eigenvalue weighted by Gasteiger charge is 2.31. The van der Waals surface area contributed by atoms with E-state index in [9.17, 15) is 34.2 Å². The third kappa shape index (κ3) is 12.3. The van der Waals surface area contributed by atoms with Crippen LogP contribution >= 0.6 is 11.8 Å². The highest BCUT2D eigenvalue weighted by molar-refractivity contribution is 7.98. The van der Waals surface area contributed by atoms with E-state index < -0.39 is 60.2 Å². The number of thioether (sulfide) groups is 1. The molecule has 14 heteroatoms. The van der Waals surface area contributed by atoms with E-state index in [0.29, 0.717) is 37.1 Å². The number of carboxylic acids is 1. The molecule has 38 heavy (non-hydrogen) atoms. The predicted molar refractivity (Wildman–Crippen MR) is 143 cm³/mol. The minimum absolute atomic E-state index is 0.00771. The molecule has 0 saturated carbocycles. The summed E-state index contributed by atoms with van der Waals surface area (Å²) < 4.78 is 0. The second-order valence-corrected chi connectivity index (χ2v) is 9.72. The van der Waals surface area contributed by atoms with E-state index in [4.69, 9.17) is 17.2 Å². The normalized spacial score (nSPS) is 14.0. The fourth-order valence-electron chi connectivity index (χ4n) is 3.44. The van der Waals surface area contributed by atoms with Gasteiger partial charge < -0.3 is 43.4 Å². The lowest BCUT2D eigenvalue weighted by atomic mass is 10.0. The number of nitrogens with one attached hydrogen (secondary N) is 3. The average molecular weight is 555 g/mol. The second-order valence-electron chi connectivity index (χ2n) is 8.74. The molecular formula is C24H38N6O7S. The Bertz CT molecular complexity index is 947. The number of unbranched alkanes of at least 4 members (excludes halogenated alkanes) is 1. The molecule has 1 aromatic rings. The molecule has 1 aromatic carbocycles. The SMILES string of the molecule is CSCCC(N)C(=O)NC(CC(N)=O)C(=O)NC(Cc1ccc(O)cc1)C(=O)NC(CCCCN)C(=O)O. The van der Waals surface area contributed by atoms with Gasteiger partial charge in [-0.25, -0.2) is 4.79 Å². The van der Waals surface area contributed by atoms with E-state index >= 15 is 0 Å². The van der Waals surface area contributed by atoms with Gasteiger partial charge in [-0.1, -0.05) is 12.1 Å². The second kappa shape index (κ2) is 17.2. The van der Waals surface area contributed by atoms with Crippen LogP contribution < -0.4 is 33.2 Å². The number of benzene rings is 1. The van der Waals surface area contributed by atoms with E-state index in [2.05, 4.69) is 16.0 Å². The van der Waals surface area contributed by atoms with Gasteiger partial charge in [-0.05, 0) is 61.9 Å². The van der Waals surface area contributed by atoms with Crippen LogP contribution in [0.1, 0.15) is 37.7 Å². The lowest BCUT2D eigenvalue weighted by Gasteiger charge is -2.25. The zero-order valence-corrected chi connectivity index (χ0v) is 22.2. The maximum Gasteiger partial charge on any atom is 0.326 e. The number of primary amides is 1. The number of carbonyl (C=O) groups is 5. The number of rotatable bonds is 18. The van der Waals surface area contributed by atoms with Gasteiger partial charge in [0.25, 0.3) is 0 Å². The summed E-state index contributed by atoms with van der Waals surface area (Å²) in [6, 6.07) is 1.03. The number of nitrogens with two attached hydrogens (primary N) is 3. The molecule has 0 aliphatic heterocycles. The summed E-state index contributed by atoms with van der Waals surface area (Å²) in [6.07, 6.45) is 2.74. The fourth-order valence-corrected chi connectivity index (χ4v) is 3.93. The van der Waals surface area contributed by atoms with Crippen LogP contribution in [-0.4, -0.2) is 82.5 Å². The molecule has 0 fully saturated rings. The van der Waals surface area contributed by atoms with Gasteiger partial charge in [-0.2, -0.15) is 11.8 Å². The maximum atomic E-state index is 13.1. The van der Waals surface area contributed by atoms with Gasteiger partial charge in [-0.15, -0.1) is 0 Å². The summed E-state index contributed by atoms with van der Waals surface area (Å²) >= 11 is 1.49. The molecule has 212 valence electrons. The summed E-state index contributed by atoms with van der Waals surface area (Å²) in [4.78, 5) is 62.0. The lowest BCUT2D eigenvalue weighted by molar-refractivity contribution is -0.142. The van der Waals surface area contributed by atoms with Crippen LogP contribution in [0.15, 0.2) is 24.3 Å². The number of aromatic hydroxyl groups is 1. The van der Waals surface area contributed by atoms with Gasteiger partial charge in [-0.3, -0.25) is 19.2 Å². The molecule has 0 saturated heterocycles. The van der Waals surface area contributed by atoms with Gasteiger partial charge in [0.15, 0.2) is 0 Å². The summed E-state index contributed by atoms with van der Waals surface area (Å²) in [6.45, 7) is 0.369. The largest absolute Gasteiger partial charge is 0.508 e. The number of carbonyl (C=O) groups excluding carboxylic acids is 4. The van der Waals surface area contributed by atoms with E-state index in [1.165, 1.54) is 36.0 Å². The van der Waals surface area contributed by atoms with E-state index in [1.807, 2.05) is 6.26 Å². The van der Waals surface area contributed by atoms with Crippen molar-refractivity contribution in [1.82, 2.24) is 16.0 Å². The van der Waals surface area contributed by atoms with Crippen LogP contribution in [0.2, 0.25) is 0 Å². The number of amides is 4. The first kappa shape index (κ1) is 32.7. The zero-order chi connectivity index (χ0) is 28.7. The highest BCUT2D eigenvalue weighted by atomic mass is 32.2. The summed E-state index contributed by atoms with van der Waals surface area (Å²) in [7, 11) is 0. The Hall–Kier alpha value is -3.36. The van der Waals surface area contributed by atoms with Crippen LogP contribution in [0.3, 0.4) is 0 Å². The van der Waals surface area contributed by atoms with Crippen molar-refractivity contribution in [3.8, 4) is 5.75 Å². The van der Waals surface area contributed by atoms with Crippen molar-refractivity contribution < 1.29 is 34.2 Å². The number of hydrogen-bond donors (Lipinski definition) is 8. The number of phenolic OH excluding ortho intramolecular Hbond substituents is 1. The van der Waals surface area contributed by atoms with E-state index in [0.717, 1.165) is 0 Å². The van der Waals surface area contributed by atoms with Crippen LogP contribution in [0.5, 0.6) is 5.75 Å². The Labute approximate surface area is 225 Å². The molecule has 0 aliphatic rings. The molecule has 0 heterocycles. The molecule has 11 N–H and O–H groups in total.